The predicted molar refractivity (Wildman–Crippen MR) is 99.5 cm³/mol. The maximum atomic E-state index is 12.6. The molecule has 2 heterocycles. The Hall–Kier alpha value is -0.690. The second-order valence-electron chi connectivity index (χ2n) is 6.51. The van der Waals surface area contributed by atoms with Crippen molar-refractivity contribution in [1.29, 1.82) is 0 Å². The van der Waals surface area contributed by atoms with Gasteiger partial charge >= 0.3 is 0 Å². The molecule has 1 aromatic rings. The van der Waals surface area contributed by atoms with Crippen molar-refractivity contribution in [1.82, 2.24) is 5.06 Å². The van der Waals surface area contributed by atoms with Crippen molar-refractivity contribution in [3.05, 3.63) is 35.9 Å². The lowest BCUT2D eigenvalue weighted by Gasteiger charge is -2.51. The Morgan fingerprint density at radius 1 is 1.25 bits per heavy atom. The quantitative estimate of drug-likeness (QED) is 0.789. The molecule has 1 amide bonds. The summed E-state index contributed by atoms with van der Waals surface area (Å²) in [5, 5.41) is 1.61. The van der Waals surface area contributed by atoms with Crippen LogP contribution in [-0.2, 0) is 21.0 Å². The number of hydrogen-bond donors (Lipinski definition) is 0. The van der Waals surface area contributed by atoms with E-state index in [1.54, 1.807) is 35.7 Å². The highest BCUT2D eigenvalue weighted by molar-refractivity contribution is 8.18. The van der Waals surface area contributed by atoms with E-state index >= 15 is 0 Å². The minimum Gasteiger partial charge on any atom is -0.356 e. The Morgan fingerprint density at radius 2 is 1.92 bits per heavy atom. The van der Waals surface area contributed by atoms with E-state index in [1.165, 1.54) is 6.42 Å². The number of methoxy groups -OCH3 is 1. The molecule has 4 nitrogen and oxygen atoms in total. The standard InChI is InChI=1S/C18H25NO3S2/c1-14-12-16(20)19(22-13-15-8-5-4-6-9-15)17(14,2)18(21-3)23-10-7-11-24-18/h4-6,8-9,14H,7,10-13H2,1-3H3/t14-,17-/m0/s1. The van der Waals surface area contributed by atoms with E-state index in [1.807, 2.05) is 30.3 Å². The molecule has 0 bridgehead atoms. The summed E-state index contributed by atoms with van der Waals surface area (Å²) in [6.45, 7) is 4.63. The van der Waals surface area contributed by atoms with Crippen molar-refractivity contribution in [2.24, 2.45) is 5.92 Å². The Kier molecular flexibility index (Phi) is 5.49. The smallest absolute Gasteiger partial charge is 0.247 e. The van der Waals surface area contributed by atoms with E-state index < -0.39 is 9.80 Å². The average molecular weight is 368 g/mol. The van der Waals surface area contributed by atoms with Crippen LogP contribution in [0.1, 0.15) is 32.3 Å². The highest BCUT2D eigenvalue weighted by atomic mass is 32.2. The van der Waals surface area contributed by atoms with Gasteiger partial charge in [-0.25, -0.2) is 5.06 Å². The first-order chi connectivity index (χ1) is 11.5. The van der Waals surface area contributed by atoms with Gasteiger partial charge in [0.05, 0.1) is 0 Å². The minimum atomic E-state index is -0.497. The number of benzene rings is 1. The number of ether oxygens (including phenoxy) is 1. The highest BCUT2D eigenvalue weighted by Crippen LogP contribution is 2.57. The molecule has 0 aromatic heterocycles. The van der Waals surface area contributed by atoms with Crippen LogP contribution in [0.5, 0.6) is 0 Å². The van der Waals surface area contributed by atoms with E-state index in [0.29, 0.717) is 13.0 Å². The molecule has 2 aliphatic heterocycles. The summed E-state index contributed by atoms with van der Waals surface area (Å²) in [6.07, 6.45) is 1.67. The van der Waals surface area contributed by atoms with E-state index in [0.717, 1.165) is 17.1 Å². The third-order valence-electron chi connectivity index (χ3n) is 5.05. The van der Waals surface area contributed by atoms with Gasteiger partial charge in [-0.05, 0) is 36.3 Å². The molecule has 0 spiro atoms. The van der Waals surface area contributed by atoms with E-state index in [4.69, 9.17) is 9.57 Å². The predicted octanol–water partition coefficient (Wildman–Crippen LogP) is 3.92. The first-order valence-corrected chi connectivity index (χ1v) is 10.3. The van der Waals surface area contributed by atoms with Crippen LogP contribution in [0, 0.1) is 5.92 Å². The second kappa shape index (κ2) is 7.28. The molecule has 2 fully saturated rings. The van der Waals surface area contributed by atoms with Crippen molar-refractivity contribution in [2.75, 3.05) is 18.6 Å². The molecular weight excluding hydrogens is 342 g/mol. The van der Waals surface area contributed by atoms with Gasteiger partial charge < -0.3 is 4.74 Å². The molecule has 6 heteroatoms. The van der Waals surface area contributed by atoms with Crippen LogP contribution in [0.4, 0.5) is 0 Å². The van der Waals surface area contributed by atoms with Crippen molar-refractivity contribution < 1.29 is 14.4 Å². The molecule has 2 saturated heterocycles. The fourth-order valence-electron chi connectivity index (χ4n) is 3.48. The van der Waals surface area contributed by atoms with E-state index in [9.17, 15) is 4.79 Å². The van der Waals surface area contributed by atoms with Gasteiger partial charge in [0.1, 0.15) is 12.1 Å². The SMILES string of the molecule is COC1([C@]2(C)[C@@H](C)CC(=O)N2OCc2ccccc2)SCCCS1. The van der Waals surface area contributed by atoms with Crippen LogP contribution in [0.2, 0.25) is 0 Å². The number of rotatable bonds is 5. The first kappa shape index (κ1) is 18.1. The summed E-state index contributed by atoms with van der Waals surface area (Å²) in [5.74, 6) is 2.30. The third-order valence-corrected chi connectivity index (χ3v) is 8.67. The second-order valence-corrected chi connectivity index (χ2v) is 9.31. The fourth-order valence-corrected chi connectivity index (χ4v) is 7.00. The maximum absolute atomic E-state index is 12.6. The van der Waals surface area contributed by atoms with Crippen molar-refractivity contribution in [2.45, 2.75) is 43.1 Å². The molecule has 2 aliphatic rings. The largest absolute Gasteiger partial charge is 0.356 e. The van der Waals surface area contributed by atoms with Gasteiger partial charge in [0.2, 0.25) is 5.91 Å². The topological polar surface area (TPSA) is 38.8 Å². The number of amides is 1. The molecule has 1 aromatic carbocycles. The van der Waals surface area contributed by atoms with Gasteiger partial charge in [0, 0.05) is 13.5 Å². The Bertz CT molecular complexity index is 577. The van der Waals surface area contributed by atoms with Crippen molar-refractivity contribution in [3.63, 3.8) is 0 Å². The highest BCUT2D eigenvalue weighted by Gasteiger charge is 2.63. The zero-order chi connectivity index (χ0) is 17.2. The summed E-state index contributed by atoms with van der Waals surface area (Å²) in [4.78, 5) is 18.7. The number of thioether (sulfide) groups is 2. The maximum Gasteiger partial charge on any atom is 0.247 e. The van der Waals surface area contributed by atoms with Crippen LogP contribution in [0.15, 0.2) is 30.3 Å². The molecule has 0 saturated carbocycles. The zero-order valence-electron chi connectivity index (χ0n) is 14.5. The summed E-state index contributed by atoms with van der Waals surface area (Å²) in [5.41, 5.74) is 0.561. The summed E-state index contributed by atoms with van der Waals surface area (Å²) in [7, 11) is 1.75. The zero-order valence-corrected chi connectivity index (χ0v) is 16.1. The normalized spacial score (nSPS) is 29.9. The van der Waals surface area contributed by atoms with Crippen molar-refractivity contribution in [3.8, 4) is 0 Å². The lowest BCUT2D eigenvalue weighted by Crippen LogP contribution is -2.61. The van der Waals surface area contributed by atoms with Crippen molar-refractivity contribution >= 4 is 29.4 Å². The minimum absolute atomic E-state index is 0.0455. The molecular formula is C18H25NO3S2. The van der Waals surface area contributed by atoms with Gasteiger partial charge in [-0.2, -0.15) is 0 Å². The number of carbonyl (C=O) groups is 1. The van der Waals surface area contributed by atoms with E-state index in [-0.39, 0.29) is 11.8 Å². The average Bonchev–Trinajstić information content (AvgIpc) is 2.84. The monoisotopic (exact) mass is 367 g/mol. The van der Waals surface area contributed by atoms with Gasteiger partial charge in [0.15, 0.2) is 4.27 Å². The molecule has 0 N–H and O–H groups in total. The van der Waals surface area contributed by atoms with E-state index in [2.05, 4.69) is 13.8 Å². The van der Waals surface area contributed by atoms with Crippen LogP contribution >= 0.6 is 23.5 Å². The summed E-state index contributed by atoms with van der Waals surface area (Å²) >= 11 is 3.61. The molecule has 0 aliphatic carbocycles. The molecule has 132 valence electrons. The van der Waals surface area contributed by atoms with Gasteiger partial charge in [-0.15, -0.1) is 23.5 Å². The van der Waals surface area contributed by atoms with Gasteiger partial charge in [-0.1, -0.05) is 37.3 Å². The Balaban J connectivity index is 1.86. The number of carbonyl (C=O) groups excluding carboxylic acids is 1. The number of nitrogens with zero attached hydrogens (tertiary/aromatic N) is 1. The fraction of sp³-hybridized carbons (Fsp3) is 0.611. The Labute approximate surface area is 152 Å². The van der Waals surface area contributed by atoms with Crippen LogP contribution in [0.3, 0.4) is 0 Å². The van der Waals surface area contributed by atoms with Gasteiger partial charge in [0.25, 0.3) is 0 Å². The first-order valence-electron chi connectivity index (χ1n) is 8.36. The van der Waals surface area contributed by atoms with Crippen LogP contribution in [-0.4, -0.2) is 39.4 Å². The molecule has 2 atom stereocenters. The van der Waals surface area contributed by atoms with Crippen LogP contribution in [0.25, 0.3) is 0 Å². The third kappa shape index (κ3) is 2.98. The molecule has 0 unspecified atom stereocenters. The molecule has 3 rings (SSSR count). The lowest BCUT2D eigenvalue weighted by atomic mass is 9.89. The summed E-state index contributed by atoms with van der Waals surface area (Å²) in [6, 6.07) is 9.96. The van der Waals surface area contributed by atoms with Gasteiger partial charge in [-0.3, -0.25) is 9.63 Å². The Morgan fingerprint density at radius 3 is 2.54 bits per heavy atom. The molecule has 24 heavy (non-hydrogen) atoms. The molecule has 0 radical (unpaired) electrons. The summed E-state index contributed by atoms with van der Waals surface area (Å²) < 4.78 is 5.54. The lowest BCUT2D eigenvalue weighted by molar-refractivity contribution is -0.231. The number of hydroxylamine groups is 2. The van der Waals surface area contributed by atoms with Crippen LogP contribution < -0.4 is 0 Å². The number of hydrogen-bond acceptors (Lipinski definition) is 5.